The Hall–Kier alpha value is -1.88. The van der Waals surface area contributed by atoms with Crippen LogP contribution in [0.5, 0.6) is 0 Å². The molecule has 21 heavy (non-hydrogen) atoms. The number of esters is 1. The van der Waals surface area contributed by atoms with E-state index in [0.717, 1.165) is 17.5 Å². The molecule has 0 aliphatic carbocycles. The number of rotatable bonds is 8. The molecule has 5 heteroatoms. The Kier molecular flexibility index (Phi) is 7.46. The van der Waals surface area contributed by atoms with Gasteiger partial charge in [0, 0.05) is 13.1 Å². The van der Waals surface area contributed by atoms with E-state index in [1.807, 2.05) is 43.1 Å². The third-order valence-electron chi connectivity index (χ3n) is 3.11. The van der Waals surface area contributed by atoms with Crippen molar-refractivity contribution in [2.24, 2.45) is 0 Å². The summed E-state index contributed by atoms with van der Waals surface area (Å²) in [5.74, 6) is -0.240. The summed E-state index contributed by atoms with van der Waals surface area (Å²) in [4.78, 5) is 25.0. The van der Waals surface area contributed by atoms with Crippen molar-refractivity contribution in [1.82, 2.24) is 10.2 Å². The zero-order chi connectivity index (χ0) is 15.7. The van der Waals surface area contributed by atoms with Gasteiger partial charge in [-0.15, -0.1) is 0 Å². The highest BCUT2D eigenvalue weighted by atomic mass is 16.5. The van der Waals surface area contributed by atoms with Crippen LogP contribution in [0.2, 0.25) is 0 Å². The molecule has 1 rings (SSSR count). The van der Waals surface area contributed by atoms with Gasteiger partial charge in [0.15, 0.2) is 0 Å². The van der Waals surface area contributed by atoms with Crippen molar-refractivity contribution in [2.45, 2.75) is 26.3 Å². The predicted molar refractivity (Wildman–Crippen MR) is 81.8 cm³/mol. The van der Waals surface area contributed by atoms with E-state index < -0.39 is 0 Å². The standard InChI is InChI=1S/C16H24N2O3/c1-4-9-17-15(19)12-18(2)11-14-8-6-5-7-13(14)10-16(20)21-3/h5-8H,4,9-12H2,1-3H3,(H,17,19). The molecule has 1 aromatic rings. The fraction of sp³-hybridized carbons (Fsp3) is 0.500. The third kappa shape index (κ3) is 6.40. The zero-order valence-corrected chi connectivity index (χ0v) is 13.0. The van der Waals surface area contributed by atoms with Crippen LogP contribution in [0.1, 0.15) is 24.5 Å². The molecule has 0 unspecified atom stereocenters. The molecule has 0 radical (unpaired) electrons. The second-order valence-corrected chi connectivity index (χ2v) is 5.04. The van der Waals surface area contributed by atoms with Crippen LogP contribution < -0.4 is 5.32 Å². The maximum absolute atomic E-state index is 11.7. The fourth-order valence-electron chi connectivity index (χ4n) is 2.02. The summed E-state index contributed by atoms with van der Waals surface area (Å²) in [6, 6.07) is 7.72. The Morgan fingerprint density at radius 1 is 1.24 bits per heavy atom. The molecular weight excluding hydrogens is 268 g/mol. The molecule has 1 amide bonds. The van der Waals surface area contributed by atoms with Gasteiger partial charge in [-0.25, -0.2) is 0 Å². The van der Waals surface area contributed by atoms with Crippen LogP contribution in [0.15, 0.2) is 24.3 Å². The summed E-state index contributed by atoms with van der Waals surface area (Å²) < 4.78 is 4.71. The highest BCUT2D eigenvalue weighted by Crippen LogP contribution is 2.12. The van der Waals surface area contributed by atoms with E-state index in [1.54, 1.807) is 0 Å². The molecule has 0 fully saturated rings. The van der Waals surface area contributed by atoms with Gasteiger partial charge in [0.25, 0.3) is 0 Å². The van der Waals surface area contributed by atoms with Gasteiger partial charge in [0.1, 0.15) is 0 Å². The van der Waals surface area contributed by atoms with E-state index in [1.165, 1.54) is 7.11 Å². The van der Waals surface area contributed by atoms with Gasteiger partial charge in [0.2, 0.25) is 5.91 Å². The Morgan fingerprint density at radius 2 is 1.90 bits per heavy atom. The molecule has 0 spiro atoms. The van der Waals surface area contributed by atoms with Gasteiger partial charge < -0.3 is 10.1 Å². The van der Waals surface area contributed by atoms with Gasteiger partial charge in [-0.1, -0.05) is 31.2 Å². The minimum absolute atomic E-state index is 0.0183. The Bertz CT molecular complexity index is 474. The van der Waals surface area contributed by atoms with E-state index in [2.05, 4.69) is 5.32 Å². The maximum atomic E-state index is 11.7. The van der Waals surface area contributed by atoms with Crippen molar-refractivity contribution in [2.75, 3.05) is 27.2 Å². The normalized spacial score (nSPS) is 10.5. The van der Waals surface area contributed by atoms with Crippen molar-refractivity contribution < 1.29 is 14.3 Å². The van der Waals surface area contributed by atoms with Gasteiger partial charge >= 0.3 is 5.97 Å². The highest BCUT2D eigenvalue weighted by Gasteiger charge is 2.11. The van der Waals surface area contributed by atoms with E-state index >= 15 is 0 Å². The first-order valence-electron chi connectivity index (χ1n) is 7.15. The van der Waals surface area contributed by atoms with E-state index in [0.29, 0.717) is 19.6 Å². The number of methoxy groups -OCH3 is 1. The SMILES string of the molecule is CCCNC(=O)CN(C)Cc1ccccc1CC(=O)OC. The lowest BCUT2D eigenvalue weighted by Gasteiger charge is -2.18. The third-order valence-corrected chi connectivity index (χ3v) is 3.11. The van der Waals surface area contributed by atoms with Gasteiger partial charge in [-0.3, -0.25) is 14.5 Å². The number of nitrogens with zero attached hydrogens (tertiary/aromatic N) is 1. The topological polar surface area (TPSA) is 58.6 Å². The number of hydrogen-bond donors (Lipinski definition) is 1. The highest BCUT2D eigenvalue weighted by molar-refractivity contribution is 5.78. The largest absolute Gasteiger partial charge is 0.469 e. The first-order chi connectivity index (χ1) is 10.1. The minimum atomic E-state index is -0.259. The first-order valence-corrected chi connectivity index (χ1v) is 7.15. The summed E-state index contributed by atoms with van der Waals surface area (Å²) in [6.45, 7) is 3.68. The molecule has 0 aliphatic heterocycles. The summed E-state index contributed by atoms with van der Waals surface area (Å²) in [5.41, 5.74) is 1.97. The van der Waals surface area contributed by atoms with Gasteiger partial charge in [0.05, 0.1) is 20.1 Å². The van der Waals surface area contributed by atoms with Crippen LogP contribution in [0, 0.1) is 0 Å². The average Bonchev–Trinajstić information content (AvgIpc) is 2.46. The Labute approximate surface area is 126 Å². The van der Waals surface area contributed by atoms with Crippen LogP contribution in [0.4, 0.5) is 0 Å². The number of carbonyl (C=O) groups is 2. The molecule has 0 aliphatic rings. The summed E-state index contributed by atoms with van der Waals surface area (Å²) >= 11 is 0. The van der Waals surface area contributed by atoms with Crippen molar-refractivity contribution in [3.63, 3.8) is 0 Å². The number of hydrogen-bond acceptors (Lipinski definition) is 4. The summed E-state index contributed by atoms with van der Waals surface area (Å²) in [6.07, 6.45) is 1.18. The number of amides is 1. The van der Waals surface area contributed by atoms with E-state index in [-0.39, 0.29) is 18.3 Å². The minimum Gasteiger partial charge on any atom is -0.469 e. The van der Waals surface area contributed by atoms with E-state index in [9.17, 15) is 9.59 Å². The molecule has 0 bridgehead atoms. The van der Waals surface area contributed by atoms with Crippen molar-refractivity contribution in [3.05, 3.63) is 35.4 Å². The van der Waals surface area contributed by atoms with Crippen LogP contribution in [-0.4, -0.2) is 44.0 Å². The van der Waals surface area contributed by atoms with E-state index in [4.69, 9.17) is 4.74 Å². The average molecular weight is 292 g/mol. The number of benzene rings is 1. The lowest BCUT2D eigenvalue weighted by molar-refractivity contribution is -0.139. The Morgan fingerprint density at radius 3 is 2.52 bits per heavy atom. The molecule has 0 heterocycles. The molecule has 0 saturated carbocycles. The fourth-order valence-corrected chi connectivity index (χ4v) is 2.02. The summed E-state index contributed by atoms with van der Waals surface area (Å²) in [5, 5.41) is 2.85. The van der Waals surface area contributed by atoms with Crippen LogP contribution in [0.3, 0.4) is 0 Å². The molecule has 0 aromatic heterocycles. The zero-order valence-electron chi connectivity index (χ0n) is 13.0. The lowest BCUT2D eigenvalue weighted by Crippen LogP contribution is -2.35. The molecule has 0 saturated heterocycles. The number of nitrogens with one attached hydrogen (secondary N) is 1. The van der Waals surface area contributed by atoms with Crippen molar-refractivity contribution in [3.8, 4) is 0 Å². The molecular formula is C16H24N2O3. The molecule has 1 aromatic carbocycles. The monoisotopic (exact) mass is 292 g/mol. The lowest BCUT2D eigenvalue weighted by atomic mass is 10.0. The van der Waals surface area contributed by atoms with Crippen molar-refractivity contribution >= 4 is 11.9 Å². The van der Waals surface area contributed by atoms with Gasteiger partial charge in [-0.05, 0) is 24.6 Å². The number of ether oxygens (including phenoxy) is 1. The van der Waals surface area contributed by atoms with Crippen molar-refractivity contribution in [1.29, 1.82) is 0 Å². The quantitative estimate of drug-likeness (QED) is 0.735. The molecule has 116 valence electrons. The first kappa shape index (κ1) is 17.2. The molecule has 1 N–H and O–H groups in total. The van der Waals surface area contributed by atoms with Crippen LogP contribution >= 0.6 is 0 Å². The predicted octanol–water partition coefficient (Wildman–Crippen LogP) is 1.36. The van der Waals surface area contributed by atoms with Gasteiger partial charge in [-0.2, -0.15) is 0 Å². The second kappa shape index (κ2) is 9.13. The molecule has 0 atom stereocenters. The summed E-state index contributed by atoms with van der Waals surface area (Å²) in [7, 11) is 3.27. The van der Waals surface area contributed by atoms with Crippen LogP contribution in [0.25, 0.3) is 0 Å². The number of likely N-dealkylation sites (N-methyl/N-ethyl adjacent to an activating group) is 1. The number of carbonyl (C=O) groups excluding carboxylic acids is 2. The maximum Gasteiger partial charge on any atom is 0.309 e. The molecule has 5 nitrogen and oxygen atoms in total. The van der Waals surface area contributed by atoms with Crippen LogP contribution in [-0.2, 0) is 27.3 Å². The Balaban J connectivity index is 2.61. The second-order valence-electron chi connectivity index (χ2n) is 5.04. The smallest absolute Gasteiger partial charge is 0.309 e.